The summed E-state index contributed by atoms with van der Waals surface area (Å²) in [6.45, 7) is 3.97. The van der Waals surface area contributed by atoms with Crippen molar-refractivity contribution in [3.05, 3.63) is 106 Å². The number of hydrogen-bond donors (Lipinski definition) is 1. The van der Waals surface area contributed by atoms with Crippen LogP contribution in [-0.4, -0.2) is 15.3 Å². The van der Waals surface area contributed by atoms with Gasteiger partial charge in [0, 0.05) is 22.0 Å². The van der Waals surface area contributed by atoms with Gasteiger partial charge in [-0.05, 0) is 85.7 Å². The van der Waals surface area contributed by atoms with E-state index in [4.69, 9.17) is 28.3 Å². The Labute approximate surface area is 206 Å². The molecule has 1 aliphatic heterocycles. The zero-order chi connectivity index (χ0) is 23.8. The predicted octanol–water partition coefficient (Wildman–Crippen LogP) is 6.70. The van der Waals surface area contributed by atoms with Crippen LogP contribution in [0.25, 0.3) is 17.0 Å². The molecule has 1 atom stereocenters. The molecule has 0 aliphatic carbocycles. The lowest BCUT2D eigenvalue weighted by molar-refractivity contribution is 0.404. The summed E-state index contributed by atoms with van der Waals surface area (Å²) >= 11 is 11.8. The summed E-state index contributed by atoms with van der Waals surface area (Å²) in [5.41, 5.74) is 5.01. The quantitative estimate of drug-likeness (QED) is 0.321. The molecule has 3 aromatic carbocycles. The summed E-state index contributed by atoms with van der Waals surface area (Å²) in [4.78, 5) is 6.60. The third kappa shape index (κ3) is 4.20. The molecule has 1 unspecified atom stereocenters. The molecule has 4 aromatic rings. The fourth-order valence-electron chi connectivity index (χ4n) is 4.08. The van der Waals surface area contributed by atoms with Crippen LogP contribution in [0.4, 0.5) is 10.1 Å². The third-order valence-corrected chi connectivity index (χ3v) is 6.24. The van der Waals surface area contributed by atoms with Crippen LogP contribution in [0.15, 0.2) is 83.0 Å². The highest BCUT2D eigenvalue weighted by Gasteiger charge is 2.35. The van der Waals surface area contributed by atoms with E-state index in [-0.39, 0.29) is 5.82 Å². The van der Waals surface area contributed by atoms with Crippen LogP contribution >= 0.6 is 23.8 Å². The summed E-state index contributed by atoms with van der Waals surface area (Å²) < 4.78 is 19.9. The molecule has 0 bridgehead atoms. The van der Waals surface area contributed by atoms with E-state index in [1.165, 1.54) is 12.1 Å². The second kappa shape index (κ2) is 9.00. The highest BCUT2D eigenvalue weighted by Crippen LogP contribution is 2.39. The lowest BCUT2D eigenvalue weighted by atomic mass is 9.94. The lowest BCUT2D eigenvalue weighted by Crippen LogP contribution is -2.46. The fraction of sp³-hybridized carbons (Fsp3) is 0.115. The van der Waals surface area contributed by atoms with Crippen molar-refractivity contribution in [2.24, 2.45) is 0 Å². The average Bonchev–Trinajstić information content (AvgIpc) is 3.29. The minimum atomic E-state index is -0.470. The van der Waals surface area contributed by atoms with Crippen LogP contribution in [0.2, 0.25) is 5.02 Å². The number of aromatic nitrogens is 2. The van der Waals surface area contributed by atoms with Gasteiger partial charge in [-0.25, -0.2) is 4.39 Å². The van der Waals surface area contributed by atoms with E-state index in [0.29, 0.717) is 33.0 Å². The smallest absolute Gasteiger partial charge is 0.258 e. The number of benzene rings is 3. The minimum absolute atomic E-state index is 0.323. The minimum Gasteiger partial charge on any atom is -0.351 e. The van der Waals surface area contributed by atoms with Gasteiger partial charge in [0.05, 0.1) is 11.6 Å². The maximum atomic E-state index is 14.1. The van der Waals surface area contributed by atoms with Gasteiger partial charge in [-0.3, -0.25) is 4.90 Å². The molecule has 1 aliphatic rings. The second-order valence-corrected chi connectivity index (χ2v) is 8.86. The number of hydrogen-bond acceptors (Lipinski definition) is 4. The molecular weight excluding hydrogens is 471 g/mol. The first kappa shape index (κ1) is 22.3. The van der Waals surface area contributed by atoms with E-state index in [0.717, 1.165) is 22.5 Å². The topological polar surface area (TPSA) is 54.2 Å². The van der Waals surface area contributed by atoms with Crippen LogP contribution in [0.5, 0.6) is 0 Å². The number of nitrogens with zero attached hydrogens (tertiary/aromatic N) is 3. The Hall–Kier alpha value is -3.55. The van der Waals surface area contributed by atoms with Gasteiger partial charge < -0.3 is 9.84 Å². The Bertz CT molecular complexity index is 1420. The van der Waals surface area contributed by atoms with E-state index in [1.807, 2.05) is 61.2 Å². The van der Waals surface area contributed by atoms with Crippen LogP contribution in [0, 0.1) is 12.7 Å². The van der Waals surface area contributed by atoms with E-state index in [2.05, 4.69) is 15.5 Å². The molecule has 0 amide bonds. The Kier molecular flexibility index (Phi) is 5.89. The molecule has 0 fully saturated rings. The molecule has 1 aromatic heterocycles. The van der Waals surface area contributed by atoms with Crippen molar-refractivity contribution in [3.8, 4) is 11.4 Å². The molecular formula is C26H20ClFN4OS. The van der Waals surface area contributed by atoms with Crippen molar-refractivity contribution in [1.82, 2.24) is 15.5 Å². The van der Waals surface area contributed by atoms with E-state index in [1.54, 1.807) is 18.2 Å². The number of halogens is 2. The van der Waals surface area contributed by atoms with Gasteiger partial charge in [-0.1, -0.05) is 41.0 Å². The summed E-state index contributed by atoms with van der Waals surface area (Å²) in [7, 11) is 0. The first-order chi connectivity index (χ1) is 16.4. The monoisotopic (exact) mass is 490 g/mol. The van der Waals surface area contributed by atoms with Gasteiger partial charge in [0.2, 0.25) is 5.82 Å². The molecule has 170 valence electrons. The zero-order valence-corrected chi connectivity index (χ0v) is 20.0. The Morgan fingerprint density at radius 2 is 1.79 bits per heavy atom. The Balaban J connectivity index is 1.66. The maximum absolute atomic E-state index is 14.1. The first-order valence-electron chi connectivity index (χ1n) is 10.6. The van der Waals surface area contributed by atoms with Crippen LogP contribution < -0.4 is 10.2 Å². The number of thiocarbonyl (C=S) groups is 1. The van der Waals surface area contributed by atoms with Crippen LogP contribution in [-0.2, 0) is 0 Å². The summed E-state index contributed by atoms with van der Waals surface area (Å²) in [5.74, 6) is 0.417. The zero-order valence-electron chi connectivity index (χ0n) is 18.4. The number of allylic oxidation sites excluding steroid dienone is 1. The molecule has 2 heterocycles. The average molecular weight is 491 g/mol. The van der Waals surface area contributed by atoms with Crippen LogP contribution in [0.3, 0.4) is 0 Å². The Morgan fingerprint density at radius 1 is 1.03 bits per heavy atom. The standard InChI is InChI=1S/C26H20ClFN4OS/c1-15-5-3-8-21(13-15)32-16(2)22(23(29-26(32)34)18-6-4-7-20(28)14-18)25-30-24(31-33-25)17-9-11-19(27)12-10-17/h3-14,23H,1-2H3,(H,29,34). The number of rotatable bonds is 4. The van der Waals surface area contributed by atoms with E-state index >= 15 is 0 Å². The molecule has 8 heteroatoms. The largest absolute Gasteiger partial charge is 0.351 e. The van der Waals surface area contributed by atoms with E-state index < -0.39 is 6.04 Å². The van der Waals surface area contributed by atoms with Crippen molar-refractivity contribution in [1.29, 1.82) is 0 Å². The van der Waals surface area contributed by atoms with Crippen LogP contribution in [0.1, 0.15) is 30.0 Å². The van der Waals surface area contributed by atoms with Gasteiger partial charge in [-0.2, -0.15) is 4.98 Å². The number of aryl methyl sites for hydroxylation is 1. The van der Waals surface area contributed by atoms with Crippen molar-refractivity contribution in [2.45, 2.75) is 19.9 Å². The van der Waals surface area contributed by atoms with Crippen molar-refractivity contribution in [2.75, 3.05) is 4.90 Å². The van der Waals surface area contributed by atoms with Gasteiger partial charge in [0.25, 0.3) is 5.89 Å². The molecule has 0 spiro atoms. The summed E-state index contributed by atoms with van der Waals surface area (Å²) in [6.07, 6.45) is 0. The highest BCUT2D eigenvalue weighted by atomic mass is 35.5. The predicted molar refractivity (Wildman–Crippen MR) is 136 cm³/mol. The first-order valence-corrected chi connectivity index (χ1v) is 11.4. The van der Waals surface area contributed by atoms with Crippen molar-refractivity contribution < 1.29 is 8.91 Å². The SMILES string of the molecule is CC1=C(c2nc(-c3ccc(Cl)cc3)no2)C(c2cccc(F)c2)NC(=S)N1c1cccc(C)c1. The van der Waals surface area contributed by atoms with Crippen molar-refractivity contribution >= 4 is 40.2 Å². The molecule has 0 radical (unpaired) electrons. The maximum Gasteiger partial charge on any atom is 0.258 e. The second-order valence-electron chi connectivity index (χ2n) is 8.04. The normalized spacial score (nSPS) is 16.1. The summed E-state index contributed by atoms with van der Waals surface area (Å²) in [6, 6.07) is 21.2. The van der Waals surface area contributed by atoms with E-state index in [9.17, 15) is 4.39 Å². The molecule has 34 heavy (non-hydrogen) atoms. The fourth-order valence-corrected chi connectivity index (χ4v) is 4.57. The lowest BCUT2D eigenvalue weighted by Gasteiger charge is -2.37. The molecule has 0 saturated carbocycles. The van der Waals surface area contributed by atoms with Crippen molar-refractivity contribution in [3.63, 3.8) is 0 Å². The molecule has 0 saturated heterocycles. The van der Waals surface area contributed by atoms with Gasteiger partial charge in [0.15, 0.2) is 5.11 Å². The highest BCUT2D eigenvalue weighted by molar-refractivity contribution is 7.80. The van der Waals surface area contributed by atoms with Gasteiger partial charge >= 0.3 is 0 Å². The Morgan fingerprint density at radius 3 is 2.53 bits per heavy atom. The molecule has 1 N–H and O–H groups in total. The number of anilines is 1. The van der Waals surface area contributed by atoms with Gasteiger partial charge in [-0.15, -0.1) is 0 Å². The summed E-state index contributed by atoms with van der Waals surface area (Å²) in [5, 5.41) is 8.66. The third-order valence-electron chi connectivity index (χ3n) is 5.69. The molecule has 5 rings (SSSR count). The molecule has 5 nitrogen and oxygen atoms in total. The van der Waals surface area contributed by atoms with Gasteiger partial charge in [0.1, 0.15) is 5.82 Å². The number of nitrogens with one attached hydrogen (secondary N) is 1.